The number of carbonyl (C=O) groups is 1. The van der Waals surface area contributed by atoms with Crippen LogP contribution < -0.4 is 10.2 Å². The molecule has 4 rings (SSSR count). The van der Waals surface area contributed by atoms with Gasteiger partial charge in [0.05, 0.1) is 18.4 Å². The molecule has 7 heteroatoms. The summed E-state index contributed by atoms with van der Waals surface area (Å²) < 4.78 is 5.98. The average Bonchev–Trinajstić information content (AvgIpc) is 3.00. The Morgan fingerprint density at radius 1 is 1.30 bits per heavy atom. The van der Waals surface area contributed by atoms with E-state index < -0.39 is 0 Å². The number of rotatable bonds is 3. The minimum Gasteiger partial charge on any atom is -0.372 e. The molecule has 0 spiro atoms. The standard InChI is InChI=1S/C16H15ClN4O2/c17-14-7-12-15(20-19-14)18-16(22)13-6-11(8-21(12)13)23-9-10-4-2-1-3-5-10/h1-5,7,11,13H,6,8-9H2,(H,18,20,22). The van der Waals surface area contributed by atoms with Gasteiger partial charge >= 0.3 is 0 Å². The Hall–Kier alpha value is -2.18. The van der Waals surface area contributed by atoms with Crippen molar-refractivity contribution >= 4 is 29.0 Å². The summed E-state index contributed by atoms with van der Waals surface area (Å²) in [6, 6.07) is 11.5. The molecule has 2 unspecified atom stereocenters. The van der Waals surface area contributed by atoms with Gasteiger partial charge in [0, 0.05) is 19.0 Å². The quantitative estimate of drug-likeness (QED) is 0.935. The first-order chi connectivity index (χ1) is 11.2. The molecule has 1 fully saturated rings. The Bertz CT molecular complexity index is 740. The van der Waals surface area contributed by atoms with E-state index in [1.54, 1.807) is 6.07 Å². The van der Waals surface area contributed by atoms with Crippen molar-refractivity contribution < 1.29 is 9.53 Å². The maximum atomic E-state index is 12.2. The number of hydrogen-bond donors (Lipinski definition) is 1. The van der Waals surface area contributed by atoms with Crippen LogP contribution in [0.4, 0.5) is 11.5 Å². The maximum Gasteiger partial charge on any atom is 0.248 e. The highest BCUT2D eigenvalue weighted by Gasteiger charge is 2.42. The molecular formula is C16H15ClN4O2. The average molecular weight is 331 g/mol. The van der Waals surface area contributed by atoms with Crippen molar-refractivity contribution in [3.63, 3.8) is 0 Å². The zero-order valence-electron chi connectivity index (χ0n) is 12.3. The molecule has 2 aromatic rings. The topological polar surface area (TPSA) is 67.4 Å². The molecule has 23 heavy (non-hydrogen) atoms. The molecule has 1 amide bonds. The van der Waals surface area contributed by atoms with E-state index in [1.165, 1.54) is 0 Å². The van der Waals surface area contributed by atoms with Gasteiger partial charge in [-0.1, -0.05) is 41.9 Å². The first kappa shape index (κ1) is 14.4. The molecule has 1 saturated heterocycles. The van der Waals surface area contributed by atoms with Gasteiger partial charge < -0.3 is 15.0 Å². The molecule has 2 atom stereocenters. The SMILES string of the molecule is O=C1Nc2nnc(Cl)cc2N2CC(OCc3ccccc3)CC12. The van der Waals surface area contributed by atoms with Crippen molar-refractivity contribution in [1.29, 1.82) is 0 Å². The number of carbonyl (C=O) groups excluding carboxylic acids is 1. The fourth-order valence-electron chi connectivity index (χ4n) is 3.09. The second kappa shape index (κ2) is 5.79. The number of amides is 1. The molecule has 1 aromatic heterocycles. The van der Waals surface area contributed by atoms with Crippen molar-refractivity contribution in [1.82, 2.24) is 10.2 Å². The molecule has 0 saturated carbocycles. The summed E-state index contributed by atoms with van der Waals surface area (Å²) in [7, 11) is 0. The number of halogens is 1. The predicted molar refractivity (Wildman–Crippen MR) is 86.4 cm³/mol. The largest absolute Gasteiger partial charge is 0.372 e. The minimum atomic E-state index is -0.247. The molecule has 6 nitrogen and oxygen atoms in total. The first-order valence-corrected chi connectivity index (χ1v) is 7.85. The molecular weight excluding hydrogens is 316 g/mol. The van der Waals surface area contributed by atoms with Gasteiger partial charge in [0.15, 0.2) is 11.0 Å². The highest BCUT2D eigenvalue weighted by molar-refractivity contribution is 6.29. The van der Waals surface area contributed by atoms with Crippen LogP contribution in [0.3, 0.4) is 0 Å². The zero-order valence-corrected chi connectivity index (χ0v) is 13.0. The molecule has 2 aliphatic rings. The summed E-state index contributed by atoms with van der Waals surface area (Å²) in [6.45, 7) is 1.18. The molecule has 0 radical (unpaired) electrons. The summed E-state index contributed by atoms with van der Waals surface area (Å²) in [6.07, 6.45) is 0.641. The number of aromatic nitrogens is 2. The predicted octanol–water partition coefficient (Wildman–Crippen LogP) is 2.25. The van der Waals surface area contributed by atoms with Crippen LogP contribution in [-0.4, -0.2) is 34.8 Å². The van der Waals surface area contributed by atoms with Crippen LogP contribution >= 0.6 is 11.6 Å². The number of nitrogens with one attached hydrogen (secondary N) is 1. The van der Waals surface area contributed by atoms with E-state index in [0.717, 1.165) is 11.3 Å². The lowest BCUT2D eigenvalue weighted by molar-refractivity contribution is -0.117. The number of benzene rings is 1. The summed E-state index contributed by atoms with van der Waals surface area (Å²) >= 11 is 5.94. The third-order valence-electron chi connectivity index (χ3n) is 4.19. The van der Waals surface area contributed by atoms with Gasteiger partial charge in [-0.05, 0) is 5.56 Å². The number of hydrogen-bond acceptors (Lipinski definition) is 5. The van der Waals surface area contributed by atoms with Gasteiger partial charge in [0.2, 0.25) is 5.91 Å². The molecule has 0 bridgehead atoms. The smallest absolute Gasteiger partial charge is 0.248 e. The lowest BCUT2D eigenvalue weighted by atomic mass is 10.1. The Balaban J connectivity index is 1.50. The van der Waals surface area contributed by atoms with Gasteiger partial charge in [-0.2, -0.15) is 0 Å². The minimum absolute atomic E-state index is 0.0103. The van der Waals surface area contributed by atoms with Crippen LogP contribution in [-0.2, 0) is 16.1 Å². The highest BCUT2D eigenvalue weighted by Crippen LogP contribution is 2.36. The van der Waals surface area contributed by atoms with Crippen LogP contribution in [0, 0.1) is 0 Å². The molecule has 1 aromatic carbocycles. The highest BCUT2D eigenvalue weighted by atomic mass is 35.5. The Labute approximate surface area is 138 Å². The summed E-state index contributed by atoms with van der Waals surface area (Å²) in [5.41, 5.74) is 1.93. The Kier molecular flexibility index (Phi) is 3.63. The van der Waals surface area contributed by atoms with Crippen molar-refractivity contribution in [3.8, 4) is 0 Å². The van der Waals surface area contributed by atoms with E-state index >= 15 is 0 Å². The van der Waals surface area contributed by atoms with Crippen molar-refractivity contribution in [2.75, 3.05) is 16.8 Å². The van der Waals surface area contributed by atoms with Crippen LogP contribution in [0.2, 0.25) is 5.15 Å². The van der Waals surface area contributed by atoms with E-state index in [2.05, 4.69) is 15.5 Å². The number of anilines is 2. The molecule has 2 aliphatic heterocycles. The van der Waals surface area contributed by atoms with Gasteiger partial charge in [-0.25, -0.2) is 0 Å². The van der Waals surface area contributed by atoms with Crippen LogP contribution in [0.25, 0.3) is 0 Å². The van der Waals surface area contributed by atoms with Crippen molar-refractivity contribution in [2.24, 2.45) is 0 Å². The zero-order chi connectivity index (χ0) is 15.8. The van der Waals surface area contributed by atoms with E-state index in [9.17, 15) is 4.79 Å². The molecule has 3 heterocycles. The normalized spacial score (nSPS) is 22.5. The van der Waals surface area contributed by atoms with Gasteiger partial charge in [0.1, 0.15) is 6.04 Å². The molecule has 1 N–H and O–H groups in total. The van der Waals surface area contributed by atoms with E-state index in [1.807, 2.05) is 35.2 Å². The number of fused-ring (bicyclic) bond motifs is 3. The Morgan fingerprint density at radius 2 is 2.13 bits per heavy atom. The van der Waals surface area contributed by atoms with Crippen molar-refractivity contribution in [2.45, 2.75) is 25.2 Å². The summed E-state index contributed by atoms with van der Waals surface area (Å²) in [5, 5.41) is 10.8. The third-order valence-corrected chi connectivity index (χ3v) is 4.37. The molecule has 0 aliphatic carbocycles. The van der Waals surface area contributed by atoms with Crippen LogP contribution in [0.1, 0.15) is 12.0 Å². The second-order valence-electron chi connectivity index (χ2n) is 5.71. The molecule has 118 valence electrons. The fourth-order valence-corrected chi connectivity index (χ4v) is 3.23. The van der Waals surface area contributed by atoms with E-state index in [4.69, 9.17) is 16.3 Å². The van der Waals surface area contributed by atoms with E-state index in [-0.39, 0.29) is 18.1 Å². The monoisotopic (exact) mass is 330 g/mol. The first-order valence-electron chi connectivity index (χ1n) is 7.47. The lowest BCUT2D eigenvalue weighted by Gasteiger charge is -2.31. The van der Waals surface area contributed by atoms with Crippen molar-refractivity contribution in [3.05, 3.63) is 47.1 Å². The summed E-state index contributed by atoms with van der Waals surface area (Å²) in [4.78, 5) is 14.2. The van der Waals surface area contributed by atoms with Crippen LogP contribution in [0.5, 0.6) is 0 Å². The number of ether oxygens (including phenoxy) is 1. The van der Waals surface area contributed by atoms with Crippen LogP contribution in [0.15, 0.2) is 36.4 Å². The van der Waals surface area contributed by atoms with Gasteiger partial charge in [0.25, 0.3) is 0 Å². The number of nitrogens with zero attached hydrogens (tertiary/aromatic N) is 3. The van der Waals surface area contributed by atoms with Gasteiger partial charge in [-0.3, -0.25) is 4.79 Å². The van der Waals surface area contributed by atoms with E-state index in [0.29, 0.717) is 30.5 Å². The van der Waals surface area contributed by atoms with Gasteiger partial charge in [-0.15, -0.1) is 10.2 Å². The fraction of sp³-hybridized carbons (Fsp3) is 0.312. The third kappa shape index (κ3) is 2.75. The summed E-state index contributed by atoms with van der Waals surface area (Å²) in [5.74, 6) is 0.388. The maximum absolute atomic E-state index is 12.2. The Morgan fingerprint density at radius 3 is 2.96 bits per heavy atom. The second-order valence-corrected chi connectivity index (χ2v) is 6.10. The lowest BCUT2D eigenvalue weighted by Crippen LogP contribution is -2.44.